The van der Waals surface area contributed by atoms with Gasteiger partial charge < -0.3 is 4.74 Å². The summed E-state index contributed by atoms with van der Waals surface area (Å²) in [5.74, 6) is -0.767. The van der Waals surface area contributed by atoms with E-state index in [1.807, 2.05) is 0 Å². The van der Waals surface area contributed by atoms with Gasteiger partial charge in [-0.3, -0.25) is 4.94 Å². The fourth-order valence-electron chi connectivity index (χ4n) is 0.695. The second-order valence-electron chi connectivity index (χ2n) is 1.87. The van der Waals surface area contributed by atoms with Gasteiger partial charge in [0.05, 0.1) is 7.11 Å². The second-order valence-corrected chi connectivity index (χ2v) is 1.87. The Morgan fingerprint density at radius 3 is 2.55 bits per heavy atom. The highest BCUT2D eigenvalue weighted by Gasteiger charge is 2.03. The van der Waals surface area contributed by atoms with Crippen LogP contribution < -0.4 is 9.68 Å². The van der Waals surface area contributed by atoms with E-state index in [1.54, 1.807) is 0 Å². The zero-order valence-electron chi connectivity index (χ0n) is 5.80. The third-order valence-corrected chi connectivity index (χ3v) is 1.21. The number of hydrogen-bond donors (Lipinski definition) is 0. The van der Waals surface area contributed by atoms with Gasteiger partial charge in [0.1, 0.15) is 0 Å². The first-order chi connectivity index (χ1) is 5.27. The summed E-state index contributed by atoms with van der Waals surface area (Å²) in [4.78, 5) is 3.30. The van der Waals surface area contributed by atoms with Gasteiger partial charge >= 0.3 is 0 Å². The molecule has 11 heavy (non-hydrogen) atoms. The van der Waals surface area contributed by atoms with E-state index in [9.17, 15) is 8.92 Å². The van der Waals surface area contributed by atoms with E-state index < -0.39 is 5.82 Å². The van der Waals surface area contributed by atoms with E-state index >= 15 is 0 Å². The quantitative estimate of drug-likeness (QED) is 0.659. The predicted octanol–water partition coefficient (Wildman–Crippen LogP) is 2.10. The lowest BCUT2D eigenvalue weighted by molar-refractivity contribution is -0.00662. The Balaban J connectivity index is 2.99. The Labute approximate surface area is 62.3 Å². The van der Waals surface area contributed by atoms with E-state index in [-0.39, 0.29) is 11.5 Å². The van der Waals surface area contributed by atoms with Crippen LogP contribution in [0.15, 0.2) is 18.2 Å². The van der Waals surface area contributed by atoms with Gasteiger partial charge in [-0.05, 0) is 12.1 Å². The fourth-order valence-corrected chi connectivity index (χ4v) is 0.695. The normalized spacial score (nSPS) is 9.36. The van der Waals surface area contributed by atoms with Gasteiger partial charge in [-0.1, -0.05) is 0 Å². The Morgan fingerprint density at radius 2 is 2.09 bits per heavy atom. The van der Waals surface area contributed by atoms with Crippen molar-refractivity contribution in [3.05, 3.63) is 24.0 Å². The lowest BCUT2D eigenvalue weighted by atomic mass is 10.3. The monoisotopic (exact) mass is 160 g/mol. The van der Waals surface area contributed by atoms with Crippen LogP contribution in [0.2, 0.25) is 0 Å². The molecule has 1 aromatic rings. The number of rotatable bonds is 2. The van der Waals surface area contributed by atoms with Gasteiger partial charge in [-0.25, -0.2) is 4.39 Å². The first-order valence-corrected chi connectivity index (χ1v) is 2.90. The van der Waals surface area contributed by atoms with E-state index in [0.29, 0.717) is 0 Å². The van der Waals surface area contributed by atoms with Crippen LogP contribution in [0.4, 0.5) is 8.92 Å². The van der Waals surface area contributed by atoms with E-state index in [2.05, 4.69) is 9.68 Å². The van der Waals surface area contributed by atoms with Gasteiger partial charge in [0, 0.05) is 10.6 Å². The maximum absolute atomic E-state index is 12.7. The lowest BCUT2D eigenvalue weighted by Crippen LogP contribution is -1.87. The molecule has 0 spiro atoms. The largest absolute Gasteiger partial charge is 0.494 e. The molecule has 60 valence electrons. The molecule has 0 aliphatic rings. The molecule has 0 aliphatic carbocycles. The maximum atomic E-state index is 12.7. The van der Waals surface area contributed by atoms with E-state index in [4.69, 9.17) is 0 Å². The summed E-state index contributed by atoms with van der Waals surface area (Å²) in [6.07, 6.45) is 0. The average Bonchev–Trinajstić information content (AvgIpc) is 2.04. The Bertz CT molecular complexity index is 250. The van der Waals surface area contributed by atoms with Crippen molar-refractivity contribution in [3.63, 3.8) is 0 Å². The van der Waals surface area contributed by atoms with Crippen molar-refractivity contribution in [2.45, 2.75) is 0 Å². The summed E-state index contributed by atoms with van der Waals surface area (Å²) in [6.45, 7) is 0. The van der Waals surface area contributed by atoms with Crippen molar-refractivity contribution >= 4 is 0 Å². The van der Waals surface area contributed by atoms with Crippen LogP contribution in [0.5, 0.6) is 11.5 Å². The summed E-state index contributed by atoms with van der Waals surface area (Å²) in [7, 11) is 1.33. The number of ether oxygens (including phenoxy) is 1. The average molecular weight is 160 g/mol. The zero-order valence-corrected chi connectivity index (χ0v) is 5.80. The molecule has 0 heterocycles. The summed E-state index contributed by atoms with van der Waals surface area (Å²) in [5.41, 5.74) is 0. The third-order valence-electron chi connectivity index (χ3n) is 1.21. The molecule has 0 fully saturated rings. The molecule has 0 N–H and O–H groups in total. The van der Waals surface area contributed by atoms with Crippen molar-refractivity contribution in [1.29, 1.82) is 0 Å². The molecule has 1 rings (SSSR count). The molecule has 1 aromatic carbocycles. The van der Waals surface area contributed by atoms with Crippen molar-refractivity contribution in [2.24, 2.45) is 0 Å². The lowest BCUT2D eigenvalue weighted by Gasteiger charge is -2.00. The predicted molar refractivity (Wildman–Crippen MR) is 34.7 cm³/mol. The topological polar surface area (TPSA) is 18.5 Å². The van der Waals surface area contributed by atoms with Crippen molar-refractivity contribution in [1.82, 2.24) is 0 Å². The fraction of sp³-hybridized carbons (Fsp3) is 0.143. The molecule has 0 aliphatic heterocycles. The van der Waals surface area contributed by atoms with Crippen LogP contribution >= 0.6 is 0 Å². The second kappa shape index (κ2) is 3.18. The highest BCUT2D eigenvalue weighted by Crippen LogP contribution is 2.21. The van der Waals surface area contributed by atoms with Crippen LogP contribution in [0.1, 0.15) is 0 Å². The summed E-state index contributed by atoms with van der Waals surface area (Å²) < 4.78 is 28.7. The summed E-state index contributed by atoms with van der Waals surface area (Å²) in [5, 5.41) is 0. The minimum Gasteiger partial charge on any atom is -0.494 e. The van der Waals surface area contributed by atoms with Crippen molar-refractivity contribution in [3.8, 4) is 11.5 Å². The molecule has 0 radical (unpaired) electrons. The molecule has 0 aromatic heterocycles. The molecule has 2 nitrogen and oxygen atoms in total. The van der Waals surface area contributed by atoms with Crippen LogP contribution in [-0.4, -0.2) is 7.11 Å². The Kier molecular flexibility index (Phi) is 2.25. The molecule has 0 bridgehead atoms. The number of halogens is 2. The molecular weight excluding hydrogens is 154 g/mol. The number of methoxy groups -OCH3 is 1. The van der Waals surface area contributed by atoms with Crippen LogP contribution in [0, 0.1) is 5.82 Å². The van der Waals surface area contributed by atoms with Gasteiger partial charge in [0.25, 0.3) is 0 Å². The van der Waals surface area contributed by atoms with Crippen LogP contribution in [0.25, 0.3) is 0 Å². The van der Waals surface area contributed by atoms with Crippen LogP contribution in [-0.2, 0) is 0 Å². The van der Waals surface area contributed by atoms with Gasteiger partial charge in [-0.2, -0.15) is 0 Å². The minimum atomic E-state index is -0.650. The van der Waals surface area contributed by atoms with Crippen molar-refractivity contribution < 1.29 is 18.6 Å². The molecule has 0 saturated heterocycles. The van der Waals surface area contributed by atoms with Gasteiger partial charge in [0.15, 0.2) is 17.3 Å². The Morgan fingerprint density at radius 1 is 1.36 bits per heavy atom. The maximum Gasteiger partial charge on any atom is 0.175 e. The first kappa shape index (κ1) is 7.78. The summed E-state index contributed by atoms with van der Waals surface area (Å²) >= 11 is 0. The van der Waals surface area contributed by atoms with E-state index in [1.165, 1.54) is 19.2 Å². The summed E-state index contributed by atoms with van der Waals surface area (Å²) in [6, 6.07) is 3.45. The molecule has 0 unspecified atom stereocenters. The van der Waals surface area contributed by atoms with E-state index in [0.717, 1.165) is 6.07 Å². The molecule has 0 saturated carbocycles. The smallest absolute Gasteiger partial charge is 0.175 e. The molecule has 0 atom stereocenters. The van der Waals surface area contributed by atoms with Crippen molar-refractivity contribution in [2.75, 3.05) is 7.11 Å². The zero-order chi connectivity index (χ0) is 8.27. The number of benzene rings is 1. The molecule has 0 amide bonds. The minimum absolute atomic E-state index is 0.0609. The van der Waals surface area contributed by atoms with Gasteiger partial charge in [0.2, 0.25) is 0 Å². The van der Waals surface area contributed by atoms with Gasteiger partial charge in [-0.15, -0.1) is 0 Å². The number of hydrogen-bond acceptors (Lipinski definition) is 2. The third kappa shape index (κ3) is 1.58. The standard InChI is InChI=1S/C7H6F2O2/c1-10-7-3-2-5(11-9)4-6(7)8/h2-4H,1H3. The SMILES string of the molecule is COc1ccc(OF)cc1F. The highest BCUT2D eigenvalue weighted by atomic mass is 19.3. The highest BCUT2D eigenvalue weighted by molar-refractivity contribution is 5.32. The first-order valence-electron chi connectivity index (χ1n) is 2.90. The molecular formula is C7H6F2O2. The molecule has 4 heteroatoms. The van der Waals surface area contributed by atoms with Crippen LogP contribution in [0.3, 0.4) is 0 Å². The Hall–Kier alpha value is -1.32.